The molecule has 144 valence electrons. The number of benzene rings is 3. The van der Waals surface area contributed by atoms with Gasteiger partial charge < -0.3 is 4.90 Å². The summed E-state index contributed by atoms with van der Waals surface area (Å²) in [5.41, 5.74) is 1.40. The van der Waals surface area contributed by atoms with E-state index in [0.717, 1.165) is 5.69 Å². The third-order valence-corrected chi connectivity index (χ3v) is 5.53. The molecule has 0 unspecified atom stereocenters. The van der Waals surface area contributed by atoms with Crippen molar-refractivity contribution in [3.63, 3.8) is 0 Å². The van der Waals surface area contributed by atoms with Crippen LogP contribution in [0.2, 0.25) is 0 Å². The van der Waals surface area contributed by atoms with Gasteiger partial charge >= 0.3 is 0 Å². The van der Waals surface area contributed by atoms with E-state index in [1.165, 1.54) is 48.5 Å². The van der Waals surface area contributed by atoms with E-state index in [-0.39, 0.29) is 16.5 Å². The van der Waals surface area contributed by atoms with Crippen LogP contribution in [-0.4, -0.2) is 20.9 Å². The van der Waals surface area contributed by atoms with Crippen molar-refractivity contribution in [2.75, 3.05) is 16.2 Å². The van der Waals surface area contributed by atoms with Gasteiger partial charge in [0.05, 0.1) is 4.90 Å². The summed E-state index contributed by atoms with van der Waals surface area (Å²) in [5.74, 6) is -0.672. The van der Waals surface area contributed by atoms with E-state index in [1.54, 1.807) is 4.90 Å². The van der Waals surface area contributed by atoms with Crippen LogP contribution >= 0.6 is 0 Å². The fraction of sp³-hybridized carbons (Fsp3) is 0.0952. The average Bonchev–Trinajstić information content (AvgIpc) is 2.71. The maximum atomic E-state index is 13.0. The first kappa shape index (κ1) is 19.6. The maximum absolute atomic E-state index is 13.0. The lowest BCUT2D eigenvalue weighted by Gasteiger charge is -2.21. The van der Waals surface area contributed by atoms with Gasteiger partial charge in [-0.05, 0) is 67.6 Å². The summed E-state index contributed by atoms with van der Waals surface area (Å²) in [6, 6.07) is 20.0. The fourth-order valence-electron chi connectivity index (χ4n) is 2.72. The average molecular weight is 398 g/mol. The summed E-state index contributed by atoms with van der Waals surface area (Å²) in [6.07, 6.45) is 0. The van der Waals surface area contributed by atoms with Gasteiger partial charge in [0.1, 0.15) is 5.82 Å². The van der Waals surface area contributed by atoms with E-state index < -0.39 is 15.8 Å². The second kappa shape index (κ2) is 8.22. The molecule has 7 heteroatoms. The van der Waals surface area contributed by atoms with E-state index in [1.807, 2.05) is 37.3 Å². The Labute approximate surface area is 163 Å². The number of rotatable bonds is 6. The highest BCUT2D eigenvalue weighted by Gasteiger charge is 2.18. The number of nitrogens with one attached hydrogen (secondary N) is 1. The Balaban J connectivity index is 1.80. The maximum Gasteiger partial charge on any atom is 0.261 e. The molecule has 0 atom stereocenters. The molecule has 0 radical (unpaired) electrons. The van der Waals surface area contributed by atoms with Gasteiger partial charge in [-0.2, -0.15) is 0 Å². The van der Waals surface area contributed by atoms with Crippen LogP contribution in [0.3, 0.4) is 0 Å². The first-order valence-electron chi connectivity index (χ1n) is 8.66. The van der Waals surface area contributed by atoms with Crippen LogP contribution in [-0.2, 0) is 10.0 Å². The first-order valence-corrected chi connectivity index (χ1v) is 10.1. The van der Waals surface area contributed by atoms with Crippen LogP contribution in [0.15, 0.2) is 83.8 Å². The summed E-state index contributed by atoms with van der Waals surface area (Å²) >= 11 is 0. The minimum absolute atomic E-state index is 0.0103. The zero-order chi connectivity index (χ0) is 20.1. The SMILES string of the molecule is CCN(C(=O)c1ccc(S(=O)(=O)Nc2ccc(F)cc2)cc1)c1ccccc1. The monoisotopic (exact) mass is 398 g/mol. The first-order chi connectivity index (χ1) is 13.4. The molecule has 0 aromatic heterocycles. The quantitative estimate of drug-likeness (QED) is 0.673. The number of hydrogen-bond acceptors (Lipinski definition) is 3. The molecule has 0 aliphatic carbocycles. The van der Waals surface area contributed by atoms with Crippen LogP contribution in [0.5, 0.6) is 0 Å². The highest BCUT2D eigenvalue weighted by molar-refractivity contribution is 7.92. The number of carbonyl (C=O) groups excluding carboxylic acids is 1. The Bertz CT molecular complexity index is 1050. The normalized spacial score (nSPS) is 11.1. The lowest BCUT2D eigenvalue weighted by Crippen LogP contribution is -2.30. The van der Waals surface area contributed by atoms with E-state index in [2.05, 4.69) is 4.72 Å². The number of sulfonamides is 1. The van der Waals surface area contributed by atoms with Crippen molar-refractivity contribution in [2.45, 2.75) is 11.8 Å². The van der Waals surface area contributed by atoms with Crippen molar-refractivity contribution < 1.29 is 17.6 Å². The van der Waals surface area contributed by atoms with Gasteiger partial charge in [-0.15, -0.1) is 0 Å². The molecule has 0 aliphatic heterocycles. The van der Waals surface area contributed by atoms with E-state index in [4.69, 9.17) is 0 Å². The third kappa shape index (κ3) is 4.37. The van der Waals surface area contributed by atoms with E-state index in [0.29, 0.717) is 12.1 Å². The highest BCUT2D eigenvalue weighted by atomic mass is 32.2. The molecule has 0 bridgehead atoms. The van der Waals surface area contributed by atoms with Crippen molar-refractivity contribution in [3.8, 4) is 0 Å². The van der Waals surface area contributed by atoms with Crippen LogP contribution in [0.25, 0.3) is 0 Å². The standard InChI is InChI=1S/C21H19FN2O3S/c1-2-24(19-6-4-3-5-7-19)21(25)16-8-14-20(15-9-16)28(26,27)23-18-12-10-17(22)11-13-18/h3-15,23H,2H2,1H3. The van der Waals surface area contributed by atoms with Gasteiger partial charge in [0, 0.05) is 23.5 Å². The molecule has 1 amide bonds. The van der Waals surface area contributed by atoms with E-state index in [9.17, 15) is 17.6 Å². The topological polar surface area (TPSA) is 66.5 Å². The Kier molecular flexibility index (Phi) is 5.75. The molecule has 0 spiro atoms. The minimum atomic E-state index is -3.84. The minimum Gasteiger partial charge on any atom is -0.309 e. The molecule has 1 N–H and O–H groups in total. The number of amides is 1. The van der Waals surface area contributed by atoms with Gasteiger partial charge in [-0.1, -0.05) is 18.2 Å². The van der Waals surface area contributed by atoms with Crippen molar-refractivity contribution >= 4 is 27.3 Å². The zero-order valence-electron chi connectivity index (χ0n) is 15.2. The van der Waals surface area contributed by atoms with Gasteiger partial charge in [-0.3, -0.25) is 9.52 Å². The van der Waals surface area contributed by atoms with Crippen LogP contribution in [0.4, 0.5) is 15.8 Å². The molecule has 0 heterocycles. The molecular formula is C21H19FN2O3S. The second-order valence-corrected chi connectivity index (χ2v) is 7.70. The Morgan fingerprint density at radius 2 is 1.54 bits per heavy atom. The summed E-state index contributed by atoms with van der Waals surface area (Å²) < 4.78 is 40.3. The number of carbonyl (C=O) groups is 1. The summed E-state index contributed by atoms with van der Waals surface area (Å²) in [6.45, 7) is 2.35. The van der Waals surface area contributed by atoms with Gasteiger partial charge in [0.2, 0.25) is 0 Å². The molecular weight excluding hydrogens is 379 g/mol. The molecule has 3 aromatic carbocycles. The molecule has 3 aromatic rings. The van der Waals surface area contributed by atoms with Crippen molar-refractivity contribution in [2.24, 2.45) is 0 Å². The highest BCUT2D eigenvalue weighted by Crippen LogP contribution is 2.20. The largest absolute Gasteiger partial charge is 0.309 e. The summed E-state index contributed by atoms with van der Waals surface area (Å²) in [7, 11) is -3.84. The molecule has 3 rings (SSSR count). The van der Waals surface area contributed by atoms with Gasteiger partial charge in [0.25, 0.3) is 15.9 Å². The Hall–Kier alpha value is -3.19. The van der Waals surface area contributed by atoms with Crippen molar-refractivity contribution in [1.29, 1.82) is 0 Å². The summed E-state index contributed by atoms with van der Waals surface area (Å²) in [5, 5.41) is 0. The van der Waals surface area contributed by atoms with Gasteiger partial charge in [-0.25, -0.2) is 12.8 Å². The van der Waals surface area contributed by atoms with Crippen molar-refractivity contribution in [1.82, 2.24) is 0 Å². The smallest absolute Gasteiger partial charge is 0.261 e. The second-order valence-electron chi connectivity index (χ2n) is 6.02. The van der Waals surface area contributed by atoms with Crippen LogP contribution in [0.1, 0.15) is 17.3 Å². The predicted octanol–water partition coefficient (Wildman–Crippen LogP) is 4.29. The number of nitrogens with zero attached hydrogens (tertiary/aromatic N) is 1. The number of hydrogen-bond donors (Lipinski definition) is 1. The third-order valence-electron chi connectivity index (χ3n) is 4.14. The molecule has 5 nitrogen and oxygen atoms in total. The van der Waals surface area contributed by atoms with Crippen LogP contribution < -0.4 is 9.62 Å². The molecule has 0 aliphatic rings. The molecule has 28 heavy (non-hydrogen) atoms. The number of halogens is 1. The number of para-hydroxylation sites is 1. The Morgan fingerprint density at radius 3 is 2.11 bits per heavy atom. The molecule has 0 saturated heterocycles. The van der Waals surface area contributed by atoms with Crippen LogP contribution in [0, 0.1) is 5.82 Å². The van der Waals surface area contributed by atoms with E-state index >= 15 is 0 Å². The molecule has 0 fully saturated rings. The molecule has 0 saturated carbocycles. The summed E-state index contributed by atoms with van der Waals surface area (Å²) in [4.78, 5) is 14.4. The fourth-order valence-corrected chi connectivity index (χ4v) is 3.77. The predicted molar refractivity (Wildman–Crippen MR) is 107 cm³/mol. The Morgan fingerprint density at radius 1 is 0.929 bits per heavy atom. The van der Waals surface area contributed by atoms with Crippen molar-refractivity contribution in [3.05, 3.63) is 90.2 Å². The zero-order valence-corrected chi connectivity index (χ0v) is 16.0. The lowest BCUT2D eigenvalue weighted by molar-refractivity contribution is 0.0988. The van der Waals surface area contributed by atoms with Gasteiger partial charge in [0.15, 0.2) is 0 Å². The lowest BCUT2D eigenvalue weighted by atomic mass is 10.2. The number of anilines is 2.